The zero-order valence-electron chi connectivity index (χ0n) is 12.3. The third-order valence-corrected chi connectivity index (χ3v) is 3.23. The zero-order chi connectivity index (χ0) is 17.5. The average Bonchev–Trinajstić information content (AvgIpc) is 2.45. The second-order valence-electron chi connectivity index (χ2n) is 4.87. The SMILES string of the molecule is Cc1cnc2cc([N+](=O)[O-])c(N(C)C(=O)C(F)(F)F)c(C)c2n1. The van der Waals surface area contributed by atoms with E-state index in [-0.39, 0.29) is 21.5 Å². The van der Waals surface area contributed by atoms with Crippen molar-refractivity contribution in [3.63, 3.8) is 0 Å². The molecule has 0 spiro atoms. The highest BCUT2D eigenvalue weighted by Crippen LogP contribution is 2.37. The maximum Gasteiger partial charge on any atom is 0.471 e. The summed E-state index contributed by atoms with van der Waals surface area (Å²) in [7, 11) is 0.834. The lowest BCUT2D eigenvalue weighted by atomic mass is 10.1. The molecular weight excluding hydrogens is 317 g/mol. The van der Waals surface area contributed by atoms with Crippen LogP contribution in [0.15, 0.2) is 12.3 Å². The molecule has 0 fully saturated rings. The first-order valence-corrected chi connectivity index (χ1v) is 6.30. The maximum atomic E-state index is 12.6. The summed E-state index contributed by atoms with van der Waals surface area (Å²) in [6.45, 7) is 2.98. The Morgan fingerprint density at radius 3 is 2.48 bits per heavy atom. The number of anilines is 1. The number of aryl methyl sites for hydroxylation is 2. The van der Waals surface area contributed by atoms with Crippen LogP contribution in [0.25, 0.3) is 11.0 Å². The highest BCUT2D eigenvalue weighted by Gasteiger charge is 2.43. The Hall–Kier alpha value is -2.78. The number of carbonyl (C=O) groups is 1. The monoisotopic (exact) mass is 328 g/mol. The highest BCUT2D eigenvalue weighted by molar-refractivity contribution is 6.02. The van der Waals surface area contributed by atoms with E-state index >= 15 is 0 Å². The Labute approximate surface area is 127 Å². The first-order valence-electron chi connectivity index (χ1n) is 6.30. The molecule has 0 radical (unpaired) electrons. The summed E-state index contributed by atoms with van der Waals surface area (Å²) in [5, 5.41) is 11.2. The summed E-state index contributed by atoms with van der Waals surface area (Å²) in [5.41, 5.74) is -0.169. The number of fused-ring (bicyclic) bond motifs is 1. The fourth-order valence-electron chi connectivity index (χ4n) is 2.22. The molecule has 0 aliphatic carbocycles. The van der Waals surface area contributed by atoms with Crippen molar-refractivity contribution >= 4 is 28.3 Å². The first kappa shape index (κ1) is 16.6. The van der Waals surface area contributed by atoms with Gasteiger partial charge in [0.1, 0.15) is 5.69 Å². The standard InChI is InChI=1S/C13H11F3N4O3/c1-6-5-17-8-4-9(20(22)23)11(7(2)10(8)18-6)19(3)12(21)13(14,15)16/h4-5H,1-3H3. The Balaban J connectivity index is 2.79. The number of hydrogen-bond donors (Lipinski definition) is 0. The molecule has 1 heterocycles. The van der Waals surface area contributed by atoms with Gasteiger partial charge in [0.15, 0.2) is 0 Å². The molecule has 122 valence electrons. The predicted molar refractivity (Wildman–Crippen MR) is 75.1 cm³/mol. The summed E-state index contributed by atoms with van der Waals surface area (Å²) >= 11 is 0. The van der Waals surface area contributed by atoms with Gasteiger partial charge in [-0.15, -0.1) is 0 Å². The lowest BCUT2D eigenvalue weighted by Crippen LogP contribution is -2.39. The van der Waals surface area contributed by atoms with E-state index in [1.165, 1.54) is 13.1 Å². The van der Waals surface area contributed by atoms with Gasteiger partial charge in [-0.2, -0.15) is 13.2 Å². The van der Waals surface area contributed by atoms with E-state index in [1.54, 1.807) is 6.92 Å². The second-order valence-corrected chi connectivity index (χ2v) is 4.87. The second kappa shape index (κ2) is 5.45. The number of alkyl halides is 3. The van der Waals surface area contributed by atoms with Crippen molar-refractivity contribution in [2.75, 3.05) is 11.9 Å². The Kier molecular flexibility index (Phi) is 3.93. The van der Waals surface area contributed by atoms with E-state index in [2.05, 4.69) is 9.97 Å². The van der Waals surface area contributed by atoms with E-state index in [4.69, 9.17) is 0 Å². The number of amides is 1. The number of hydrogen-bond acceptors (Lipinski definition) is 5. The maximum absolute atomic E-state index is 12.6. The fourth-order valence-corrected chi connectivity index (χ4v) is 2.22. The summed E-state index contributed by atoms with van der Waals surface area (Å²) in [6.07, 6.45) is -3.77. The van der Waals surface area contributed by atoms with Gasteiger partial charge in [-0.1, -0.05) is 0 Å². The van der Waals surface area contributed by atoms with Crippen LogP contribution in [0.5, 0.6) is 0 Å². The normalized spacial score (nSPS) is 11.6. The topological polar surface area (TPSA) is 89.2 Å². The molecule has 0 atom stereocenters. The summed E-state index contributed by atoms with van der Waals surface area (Å²) in [5.74, 6) is -2.20. The molecule has 7 nitrogen and oxygen atoms in total. The van der Waals surface area contributed by atoms with Crippen LogP contribution in [0.1, 0.15) is 11.3 Å². The largest absolute Gasteiger partial charge is 0.471 e. The number of nitrogens with zero attached hydrogens (tertiary/aromatic N) is 4. The van der Waals surface area contributed by atoms with Crippen molar-refractivity contribution in [3.05, 3.63) is 33.6 Å². The molecule has 1 amide bonds. The molecule has 2 rings (SSSR count). The van der Waals surface area contributed by atoms with Gasteiger partial charge >= 0.3 is 12.1 Å². The van der Waals surface area contributed by atoms with Crippen LogP contribution in [0.4, 0.5) is 24.5 Å². The van der Waals surface area contributed by atoms with E-state index in [9.17, 15) is 28.1 Å². The molecule has 23 heavy (non-hydrogen) atoms. The van der Waals surface area contributed by atoms with E-state index in [1.807, 2.05) is 0 Å². The van der Waals surface area contributed by atoms with Gasteiger partial charge in [-0.3, -0.25) is 19.9 Å². The van der Waals surface area contributed by atoms with E-state index in [0.717, 1.165) is 13.1 Å². The molecule has 0 unspecified atom stereocenters. The van der Waals surface area contributed by atoms with Crippen molar-refractivity contribution in [2.24, 2.45) is 0 Å². The Morgan fingerprint density at radius 2 is 1.96 bits per heavy atom. The lowest BCUT2D eigenvalue weighted by molar-refractivity contribution is -0.384. The van der Waals surface area contributed by atoms with Crippen molar-refractivity contribution in [1.82, 2.24) is 9.97 Å². The van der Waals surface area contributed by atoms with Gasteiger partial charge in [0.25, 0.3) is 5.69 Å². The van der Waals surface area contributed by atoms with Crippen LogP contribution in [0.2, 0.25) is 0 Å². The molecule has 0 saturated carbocycles. The fraction of sp³-hybridized carbons (Fsp3) is 0.308. The van der Waals surface area contributed by atoms with Crippen LogP contribution in [-0.4, -0.2) is 34.0 Å². The molecule has 0 saturated heterocycles. The Bertz CT molecular complexity index is 820. The Morgan fingerprint density at radius 1 is 1.35 bits per heavy atom. The summed E-state index contributed by atoms with van der Waals surface area (Å²) < 4.78 is 37.9. The third kappa shape index (κ3) is 2.91. The van der Waals surface area contributed by atoms with Crippen LogP contribution < -0.4 is 4.90 Å². The molecular formula is C13H11F3N4O3. The summed E-state index contributed by atoms with van der Waals surface area (Å²) in [4.78, 5) is 30.1. The van der Waals surface area contributed by atoms with E-state index < -0.39 is 28.4 Å². The van der Waals surface area contributed by atoms with Gasteiger partial charge in [0, 0.05) is 24.9 Å². The number of benzene rings is 1. The minimum Gasteiger partial charge on any atom is -0.301 e. The number of nitro benzene ring substituents is 1. The molecule has 0 aliphatic heterocycles. The van der Waals surface area contributed by atoms with Gasteiger partial charge in [-0.05, 0) is 13.8 Å². The smallest absolute Gasteiger partial charge is 0.301 e. The molecule has 1 aromatic carbocycles. The van der Waals surface area contributed by atoms with Crippen LogP contribution in [0.3, 0.4) is 0 Å². The molecule has 2 aromatic rings. The molecule has 0 bridgehead atoms. The predicted octanol–water partition coefficient (Wildman–Crippen LogP) is 2.68. The number of aromatic nitrogens is 2. The molecule has 1 aromatic heterocycles. The molecule has 10 heteroatoms. The quantitative estimate of drug-likeness (QED) is 0.624. The minimum absolute atomic E-state index is 0.0745. The highest BCUT2D eigenvalue weighted by atomic mass is 19.4. The van der Waals surface area contributed by atoms with Crippen molar-refractivity contribution in [2.45, 2.75) is 20.0 Å². The van der Waals surface area contributed by atoms with Crippen molar-refractivity contribution in [1.29, 1.82) is 0 Å². The van der Waals surface area contributed by atoms with Crippen LogP contribution >= 0.6 is 0 Å². The van der Waals surface area contributed by atoms with Crippen LogP contribution in [0, 0.1) is 24.0 Å². The van der Waals surface area contributed by atoms with Crippen LogP contribution in [-0.2, 0) is 4.79 Å². The third-order valence-electron chi connectivity index (χ3n) is 3.23. The molecule has 0 N–H and O–H groups in total. The number of nitro groups is 1. The van der Waals surface area contributed by atoms with Crippen molar-refractivity contribution in [3.8, 4) is 0 Å². The number of halogens is 3. The van der Waals surface area contributed by atoms with Gasteiger partial charge in [-0.25, -0.2) is 4.98 Å². The van der Waals surface area contributed by atoms with E-state index in [0.29, 0.717) is 5.69 Å². The minimum atomic E-state index is -5.15. The van der Waals surface area contributed by atoms with Gasteiger partial charge in [0.05, 0.1) is 21.7 Å². The molecule has 0 aliphatic rings. The summed E-state index contributed by atoms with van der Waals surface area (Å²) in [6, 6.07) is 1.00. The van der Waals surface area contributed by atoms with Gasteiger partial charge in [0.2, 0.25) is 0 Å². The number of rotatable bonds is 2. The average molecular weight is 328 g/mol. The zero-order valence-corrected chi connectivity index (χ0v) is 12.3. The van der Waals surface area contributed by atoms with Gasteiger partial charge < -0.3 is 4.90 Å². The number of carbonyl (C=O) groups excluding carboxylic acids is 1. The van der Waals surface area contributed by atoms with Crippen molar-refractivity contribution < 1.29 is 22.9 Å². The first-order chi connectivity index (χ1) is 10.5. The lowest BCUT2D eigenvalue weighted by Gasteiger charge is -2.21.